The number of aromatic nitrogens is 2. The summed E-state index contributed by atoms with van der Waals surface area (Å²) in [6, 6.07) is 5.50. The van der Waals surface area contributed by atoms with Gasteiger partial charge >= 0.3 is 0 Å². The lowest BCUT2D eigenvalue weighted by atomic mass is 10.0. The van der Waals surface area contributed by atoms with Gasteiger partial charge in [-0.3, -0.25) is 10.3 Å². The maximum absolute atomic E-state index is 6.39. The van der Waals surface area contributed by atoms with Crippen molar-refractivity contribution in [1.82, 2.24) is 15.0 Å². The molecule has 8 heteroatoms. The monoisotopic (exact) mass is 419 g/mol. The van der Waals surface area contributed by atoms with Gasteiger partial charge in [0.05, 0.1) is 13.7 Å². The van der Waals surface area contributed by atoms with E-state index in [-0.39, 0.29) is 0 Å². The standard InChI is InChI=1S/C20H23Cl2N5O/c1-13-6-8-26(9-7-13)25-20-23-11-14-10-15(12-27(28-2)19(14)24-20)18-16(21)4-3-5-17(18)22/h3-5,10-11,13H,6-9,12H2,1-2H3,(H,23,24,25). The summed E-state index contributed by atoms with van der Waals surface area (Å²) in [4.78, 5) is 14.8. The van der Waals surface area contributed by atoms with E-state index >= 15 is 0 Å². The first-order valence-electron chi connectivity index (χ1n) is 9.40. The zero-order valence-electron chi connectivity index (χ0n) is 16.0. The highest BCUT2D eigenvalue weighted by molar-refractivity contribution is 6.38. The normalized spacial score (nSPS) is 18.0. The molecular formula is C20H23Cl2N5O. The van der Waals surface area contributed by atoms with Crippen molar-refractivity contribution >= 4 is 46.6 Å². The van der Waals surface area contributed by atoms with Crippen LogP contribution < -0.4 is 10.5 Å². The van der Waals surface area contributed by atoms with E-state index in [9.17, 15) is 0 Å². The van der Waals surface area contributed by atoms with Crippen LogP contribution in [-0.4, -0.2) is 41.7 Å². The summed E-state index contributed by atoms with van der Waals surface area (Å²) < 4.78 is 0. The van der Waals surface area contributed by atoms with E-state index in [1.807, 2.05) is 24.3 Å². The minimum absolute atomic E-state index is 0.491. The maximum atomic E-state index is 6.39. The molecule has 2 aromatic rings. The predicted molar refractivity (Wildman–Crippen MR) is 114 cm³/mol. The number of hydrogen-bond donors (Lipinski definition) is 1. The van der Waals surface area contributed by atoms with Crippen molar-refractivity contribution in [3.63, 3.8) is 0 Å². The molecule has 1 N–H and O–H groups in total. The number of anilines is 2. The second-order valence-corrected chi connectivity index (χ2v) is 8.05. The van der Waals surface area contributed by atoms with E-state index in [0.717, 1.165) is 41.5 Å². The average molecular weight is 420 g/mol. The van der Waals surface area contributed by atoms with E-state index in [2.05, 4.69) is 27.3 Å². The van der Waals surface area contributed by atoms with Gasteiger partial charge in [0.2, 0.25) is 5.95 Å². The van der Waals surface area contributed by atoms with Gasteiger partial charge in [0.15, 0.2) is 5.82 Å². The molecule has 28 heavy (non-hydrogen) atoms. The van der Waals surface area contributed by atoms with Crippen LogP contribution in [0, 0.1) is 5.92 Å². The molecule has 0 unspecified atom stereocenters. The molecule has 4 rings (SSSR count). The molecule has 0 saturated carbocycles. The van der Waals surface area contributed by atoms with Crippen molar-refractivity contribution < 1.29 is 4.84 Å². The van der Waals surface area contributed by atoms with Crippen molar-refractivity contribution in [2.75, 3.05) is 37.2 Å². The van der Waals surface area contributed by atoms with Gasteiger partial charge in [0.1, 0.15) is 0 Å². The summed E-state index contributed by atoms with van der Waals surface area (Å²) in [5, 5.41) is 5.12. The van der Waals surface area contributed by atoms with Crippen LogP contribution in [0.4, 0.5) is 11.8 Å². The predicted octanol–water partition coefficient (Wildman–Crippen LogP) is 4.76. The zero-order valence-corrected chi connectivity index (χ0v) is 17.5. The fourth-order valence-corrected chi connectivity index (χ4v) is 4.21. The quantitative estimate of drug-likeness (QED) is 0.770. The van der Waals surface area contributed by atoms with E-state index in [4.69, 9.17) is 28.0 Å². The minimum Gasteiger partial charge on any atom is -0.287 e. The highest BCUT2D eigenvalue weighted by Crippen LogP contribution is 2.37. The molecule has 148 valence electrons. The molecule has 1 fully saturated rings. The van der Waals surface area contributed by atoms with Crippen molar-refractivity contribution in [2.24, 2.45) is 5.92 Å². The van der Waals surface area contributed by atoms with Gasteiger partial charge < -0.3 is 0 Å². The third-order valence-electron chi connectivity index (χ3n) is 5.22. The number of hydroxylamine groups is 1. The van der Waals surface area contributed by atoms with Crippen molar-refractivity contribution in [3.8, 4) is 0 Å². The molecular weight excluding hydrogens is 397 g/mol. The molecule has 0 bridgehead atoms. The first kappa shape index (κ1) is 19.5. The van der Waals surface area contributed by atoms with Crippen LogP contribution >= 0.6 is 23.2 Å². The Morgan fingerprint density at radius 1 is 1.18 bits per heavy atom. The summed E-state index contributed by atoms with van der Waals surface area (Å²) >= 11 is 12.8. The Morgan fingerprint density at radius 2 is 1.89 bits per heavy atom. The zero-order chi connectivity index (χ0) is 19.7. The Labute approximate surface area is 175 Å². The lowest BCUT2D eigenvalue weighted by Crippen LogP contribution is -2.38. The first-order chi connectivity index (χ1) is 13.5. The summed E-state index contributed by atoms with van der Waals surface area (Å²) in [5.41, 5.74) is 5.95. The van der Waals surface area contributed by atoms with Crippen LogP contribution in [0.5, 0.6) is 0 Å². The second-order valence-electron chi connectivity index (χ2n) is 7.24. The van der Waals surface area contributed by atoms with Crippen LogP contribution in [-0.2, 0) is 4.84 Å². The van der Waals surface area contributed by atoms with Gasteiger partial charge in [0, 0.05) is 40.5 Å². The van der Waals surface area contributed by atoms with E-state index in [1.54, 1.807) is 18.4 Å². The third kappa shape index (κ3) is 3.96. The summed E-state index contributed by atoms with van der Waals surface area (Å²) in [5.74, 6) is 2.06. The van der Waals surface area contributed by atoms with E-state index in [1.165, 1.54) is 12.8 Å². The van der Waals surface area contributed by atoms with Gasteiger partial charge in [-0.05, 0) is 42.5 Å². The molecule has 0 radical (unpaired) electrons. The van der Waals surface area contributed by atoms with Crippen LogP contribution in [0.3, 0.4) is 0 Å². The number of nitrogens with zero attached hydrogens (tertiary/aromatic N) is 4. The summed E-state index contributed by atoms with van der Waals surface area (Å²) in [6.07, 6.45) is 6.16. The number of hydrazine groups is 1. The number of hydrogen-bond acceptors (Lipinski definition) is 6. The summed E-state index contributed by atoms with van der Waals surface area (Å²) in [7, 11) is 1.63. The third-order valence-corrected chi connectivity index (χ3v) is 5.85. The van der Waals surface area contributed by atoms with Crippen molar-refractivity contribution in [1.29, 1.82) is 0 Å². The topological polar surface area (TPSA) is 53.5 Å². The Morgan fingerprint density at radius 3 is 2.57 bits per heavy atom. The number of fused-ring (bicyclic) bond motifs is 1. The molecule has 2 aliphatic heterocycles. The molecule has 6 nitrogen and oxygen atoms in total. The lowest BCUT2D eigenvalue weighted by Gasteiger charge is -2.31. The fourth-order valence-electron chi connectivity index (χ4n) is 3.57. The van der Waals surface area contributed by atoms with Crippen LogP contribution in [0.1, 0.15) is 30.9 Å². The highest BCUT2D eigenvalue weighted by atomic mass is 35.5. The number of nitrogens with one attached hydrogen (secondary N) is 1. The largest absolute Gasteiger partial charge is 0.287 e. The van der Waals surface area contributed by atoms with Crippen LogP contribution in [0.25, 0.3) is 11.6 Å². The van der Waals surface area contributed by atoms with Gasteiger partial charge in [-0.15, -0.1) is 0 Å². The second kappa shape index (κ2) is 8.25. The van der Waals surface area contributed by atoms with Gasteiger partial charge in [-0.2, -0.15) is 4.98 Å². The van der Waals surface area contributed by atoms with E-state index in [0.29, 0.717) is 22.5 Å². The number of piperidine rings is 1. The Kier molecular flexibility index (Phi) is 5.73. The fraction of sp³-hybridized carbons (Fsp3) is 0.400. The molecule has 0 spiro atoms. The SMILES string of the molecule is CON1CC(c2c(Cl)cccc2Cl)=Cc2cnc(NN3CCC(C)CC3)nc21. The molecule has 0 aliphatic carbocycles. The Balaban J connectivity index is 1.62. The first-order valence-corrected chi connectivity index (χ1v) is 10.2. The molecule has 3 heterocycles. The van der Waals surface area contributed by atoms with Gasteiger partial charge in [0.25, 0.3) is 0 Å². The van der Waals surface area contributed by atoms with Crippen LogP contribution in [0.15, 0.2) is 24.4 Å². The van der Waals surface area contributed by atoms with Crippen molar-refractivity contribution in [2.45, 2.75) is 19.8 Å². The summed E-state index contributed by atoms with van der Waals surface area (Å²) in [6.45, 7) is 4.76. The lowest BCUT2D eigenvalue weighted by molar-refractivity contribution is 0.173. The minimum atomic E-state index is 0.491. The molecule has 0 atom stereocenters. The molecule has 1 aromatic heterocycles. The number of rotatable bonds is 4. The average Bonchev–Trinajstić information content (AvgIpc) is 2.69. The van der Waals surface area contributed by atoms with Crippen molar-refractivity contribution in [3.05, 3.63) is 45.6 Å². The van der Waals surface area contributed by atoms with Gasteiger partial charge in [-0.1, -0.05) is 36.2 Å². The van der Waals surface area contributed by atoms with Crippen LogP contribution in [0.2, 0.25) is 10.0 Å². The molecule has 1 aromatic carbocycles. The number of benzene rings is 1. The number of halogens is 2. The highest BCUT2D eigenvalue weighted by Gasteiger charge is 2.24. The molecule has 2 aliphatic rings. The Bertz CT molecular complexity index is 876. The van der Waals surface area contributed by atoms with E-state index < -0.39 is 0 Å². The smallest absolute Gasteiger partial charge is 0.239 e. The molecule has 0 amide bonds. The molecule has 1 saturated heterocycles. The maximum Gasteiger partial charge on any atom is 0.239 e. The Hall–Kier alpha value is -1.86. The van der Waals surface area contributed by atoms with Gasteiger partial charge in [-0.25, -0.2) is 15.1 Å².